The van der Waals surface area contributed by atoms with Gasteiger partial charge >= 0.3 is 0 Å². The monoisotopic (exact) mass is 457 g/mol. The highest BCUT2D eigenvalue weighted by atomic mass is 19.1. The van der Waals surface area contributed by atoms with Gasteiger partial charge in [-0.25, -0.2) is 13.8 Å². The average Bonchev–Trinajstić information content (AvgIpc) is 3.47. The lowest BCUT2D eigenvalue weighted by molar-refractivity contribution is 0.277. The van der Waals surface area contributed by atoms with E-state index in [1.807, 2.05) is 6.92 Å². The molecule has 8 heteroatoms. The Labute approximate surface area is 193 Å². The molecule has 1 saturated heterocycles. The van der Waals surface area contributed by atoms with E-state index in [2.05, 4.69) is 38.1 Å². The van der Waals surface area contributed by atoms with E-state index in [1.54, 1.807) is 6.20 Å². The zero-order chi connectivity index (χ0) is 23.2. The highest BCUT2D eigenvalue weighted by Crippen LogP contribution is 2.29. The van der Waals surface area contributed by atoms with Gasteiger partial charge in [0.2, 0.25) is 0 Å². The van der Waals surface area contributed by atoms with Gasteiger partial charge in [-0.3, -0.25) is 5.10 Å². The summed E-state index contributed by atoms with van der Waals surface area (Å²) in [5.74, 6) is 0.766. The molecule has 1 aliphatic rings. The number of imidazole rings is 1. The van der Waals surface area contributed by atoms with Crippen LogP contribution in [0.15, 0.2) is 24.4 Å². The number of rotatable bonds is 10. The standard InChI is InChI=1S/C25H33F2N5O/c1-3-6-19-13-23(31-30-19)32-10-8-17(9-11-32)7-5-12-33-20-14-21(26)24(22(27)15-20)25-28-16-18(4-2)29-25/h13-17H,3-12H2,1-2H3,(H,28,29)(H,30,31). The summed E-state index contributed by atoms with van der Waals surface area (Å²) in [5, 5.41) is 7.58. The van der Waals surface area contributed by atoms with E-state index in [0.717, 1.165) is 69.5 Å². The van der Waals surface area contributed by atoms with Crippen molar-refractivity contribution in [3.05, 3.63) is 47.4 Å². The molecule has 0 bridgehead atoms. The van der Waals surface area contributed by atoms with Crippen molar-refractivity contribution in [3.63, 3.8) is 0 Å². The van der Waals surface area contributed by atoms with Crippen molar-refractivity contribution < 1.29 is 13.5 Å². The molecule has 0 radical (unpaired) electrons. The average molecular weight is 458 g/mol. The third-order valence-corrected chi connectivity index (χ3v) is 6.36. The Kier molecular flexibility index (Phi) is 7.62. The number of halogens is 2. The first-order valence-corrected chi connectivity index (χ1v) is 12.0. The topological polar surface area (TPSA) is 69.8 Å². The minimum Gasteiger partial charge on any atom is -0.493 e. The molecule has 2 aromatic heterocycles. The van der Waals surface area contributed by atoms with Crippen LogP contribution >= 0.6 is 0 Å². The van der Waals surface area contributed by atoms with Gasteiger partial charge < -0.3 is 14.6 Å². The van der Waals surface area contributed by atoms with Gasteiger partial charge in [-0.15, -0.1) is 0 Å². The molecule has 4 rings (SSSR count). The van der Waals surface area contributed by atoms with Crippen LogP contribution in [0.5, 0.6) is 5.75 Å². The number of hydrogen-bond acceptors (Lipinski definition) is 4. The van der Waals surface area contributed by atoms with Crippen LogP contribution in [0, 0.1) is 17.6 Å². The maximum Gasteiger partial charge on any atom is 0.150 e. The van der Waals surface area contributed by atoms with Crippen LogP contribution in [0.25, 0.3) is 11.4 Å². The minimum absolute atomic E-state index is 0.146. The van der Waals surface area contributed by atoms with Crippen molar-refractivity contribution in [2.24, 2.45) is 5.92 Å². The van der Waals surface area contributed by atoms with Crippen LogP contribution in [-0.4, -0.2) is 39.9 Å². The van der Waals surface area contributed by atoms with Crippen molar-refractivity contribution in [2.45, 2.75) is 58.8 Å². The largest absolute Gasteiger partial charge is 0.493 e. The minimum atomic E-state index is -0.671. The van der Waals surface area contributed by atoms with E-state index in [-0.39, 0.29) is 17.1 Å². The summed E-state index contributed by atoms with van der Waals surface area (Å²) in [5.41, 5.74) is 1.88. The fraction of sp³-hybridized carbons (Fsp3) is 0.520. The number of aromatic nitrogens is 4. The molecule has 0 amide bonds. The molecule has 178 valence electrons. The maximum absolute atomic E-state index is 14.5. The molecule has 1 aromatic carbocycles. The number of benzene rings is 1. The van der Waals surface area contributed by atoms with Crippen molar-refractivity contribution in [1.29, 1.82) is 0 Å². The number of hydrogen-bond donors (Lipinski definition) is 2. The lowest BCUT2D eigenvalue weighted by Gasteiger charge is -2.32. The van der Waals surface area contributed by atoms with Gasteiger partial charge in [0.25, 0.3) is 0 Å². The van der Waals surface area contributed by atoms with Crippen LogP contribution in [0.4, 0.5) is 14.6 Å². The number of nitrogens with one attached hydrogen (secondary N) is 2. The van der Waals surface area contributed by atoms with Gasteiger partial charge in [-0.05, 0) is 44.4 Å². The van der Waals surface area contributed by atoms with Crippen LogP contribution in [0.1, 0.15) is 57.3 Å². The lowest BCUT2D eigenvalue weighted by Crippen LogP contribution is -2.34. The van der Waals surface area contributed by atoms with Crippen molar-refractivity contribution in [3.8, 4) is 17.1 Å². The number of H-pyrrole nitrogens is 2. The van der Waals surface area contributed by atoms with Crippen molar-refractivity contribution in [2.75, 3.05) is 24.6 Å². The van der Waals surface area contributed by atoms with Crippen LogP contribution in [-0.2, 0) is 12.8 Å². The Balaban J connectivity index is 1.22. The van der Waals surface area contributed by atoms with E-state index < -0.39 is 11.6 Å². The third-order valence-electron chi connectivity index (χ3n) is 6.36. The van der Waals surface area contributed by atoms with Crippen LogP contribution in [0.3, 0.4) is 0 Å². The molecule has 0 aliphatic carbocycles. The second-order valence-electron chi connectivity index (χ2n) is 8.80. The summed E-state index contributed by atoms with van der Waals surface area (Å²) < 4.78 is 34.7. The quantitative estimate of drug-likeness (QED) is 0.385. The lowest BCUT2D eigenvalue weighted by atomic mass is 9.92. The summed E-state index contributed by atoms with van der Waals surface area (Å²) in [4.78, 5) is 9.38. The van der Waals surface area contributed by atoms with E-state index >= 15 is 0 Å². The first kappa shape index (κ1) is 23.3. The van der Waals surface area contributed by atoms with Crippen molar-refractivity contribution in [1.82, 2.24) is 20.2 Å². The van der Waals surface area contributed by atoms with Gasteiger partial charge in [0.15, 0.2) is 5.82 Å². The molecule has 3 aromatic rings. The number of piperidine rings is 1. The second-order valence-corrected chi connectivity index (χ2v) is 8.80. The molecule has 0 atom stereocenters. The van der Waals surface area contributed by atoms with E-state index in [4.69, 9.17) is 4.74 Å². The van der Waals surface area contributed by atoms with E-state index in [0.29, 0.717) is 12.5 Å². The maximum atomic E-state index is 14.5. The van der Waals surface area contributed by atoms with Gasteiger partial charge in [-0.1, -0.05) is 20.3 Å². The molecular formula is C25H33F2N5O. The summed E-state index contributed by atoms with van der Waals surface area (Å²) in [6, 6.07) is 4.64. The van der Waals surface area contributed by atoms with Gasteiger partial charge in [0, 0.05) is 48.9 Å². The Morgan fingerprint density at radius 1 is 1.09 bits per heavy atom. The molecule has 0 saturated carbocycles. The first-order chi connectivity index (χ1) is 16.1. The first-order valence-electron chi connectivity index (χ1n) is 12.0. The van der Waals surface area contributed by atoms with Crippen LogP contribution in [0.2, 0.25) is 0 Å². The molecular weight excluding hydrogens is 424 g/mol. The molecule has 0 unspecified atom stereocenters. The molecule has 2 N–H and O–H groups in total. The highest BCUT2D eigenvalue weighted by molar-refractivity contribution is 5.58. The third kappa shape index (κ3) is 5.72. The number of aryl methyl sites for hydroxylation is 2. The molecule has 33 heavy (non-hydrogen) atoms. The van der Waals surface area contributed by atoms with Crippen LogP contribution < -0.4 is 9.64 Å². The SMILES string of the molecule is CCCc1cc(N2CCC(CCCOc3cc(F)c(-c4ncc(CC)[nH]4)c(F)c3)CC2)n[nH]1. The van der Waals surface area contributed by atoms with Gasteiger partial charge in [0.05, 0.1) is 12.2 Å². The summed E-state index contributed by atoms with van der Waals surface area (Å²) in [6.45, 7) is 6.57. The zero-order valence-corrected chi connectivity index (χ0v) is 19.5. The second kappa shape index (κ2) is 10.8. The molecule has 0 spiro atoms. The smallest absolute Gasteiger partial charge is 0.150 e. The molecule has 3 heterocycles. The molecule has 1 fully saturated rings. The van der Waals surface area contributed by atoms with E-state index in [1.165, 1.54) is 17.8 Å². The fourth-order valence-corrected chi connectivity index (χ4v) is 4.45. The molecule has 6 nitrogen and oxygen atoms in total. The predicted molar refractivity (Wildman–Crippen MR) is 126 cm³/mol. The summed E-state index contributed by atoms with van der Waals surface area (Å²) >= 11 is 0. The summed E-state index contributed by atoms with van der Waals surface area (Å²) in [7, 11) is 0. The normalized spacial score (nSPS) is 14.7. The molecule has 1 aliphatic heterocycles. The number of aromatic amines is 2. The highest BCUT2D eigenvalue weighted by Gasteiger charge is 2.21. The Morgan fingerprint density at radius 3 is 2.52 bits per heavy atom. The van der Waals surface area contributed by atoms with Crippen molar-refractivity contribution >= 4 is 5.82 Å². The Bertz CT molecular complexity index is 1020. The zero-order valence-electron chi connectivity index (χ0n) is 19.5. The number of nitrogens with zero attached hydrogens (tertiary/aromatic N) is 3. The number of ether oxygens (including phenoxy) is 1. The Morgan fingerprint density at radius 2 is 1.85 bits per heavy atom. The Hall–Kier alpha value is -2.90. The van der Waals surface area contributed by atoms with Gasteiger partial charge in [-0.2, -0.15) is 5.10 Å². The number of anilines is 1. The van der Waals surface area contributed by atoms with Gasteiger partial charge in [0.1, 0.15) is 23.2 Å². The fourth-order valence-electron chi connectivity index (χ4n) is 4.45. The van der Waals surface area contributed by atoms with E-state index in [9.17, 15) is 8.78 Å². The predicted octanol–water partition coefficient (Wildman–Crippen LogP) is 5.67. The summed E-state index contributed by atoms with van der Waals surface area (Å²) in [6.07, 6.45) is 8.61.